The maximum Gasteiger partial charge on any atom is 0.170 e. The van der Waals surface area contributed by atoms with Gasteiger partial charge in [-0.15, -0.1) is 0 Å². The van der Waals surface area contributed by atoms with Gasteiger partial charge in [-0.1, -0.05) is 18.2 Å². The van der Waals surface area contributed by atoms with Crippen LogP contribution in [0.3, 0.4) is 0 Å². The minimum atomic E-state index is -0.0658. The topological polar surface area (TPSA) is 51.5 Å². The molecule has 0 saturated carbocycles. The van der Waals surface area contributed by atoms with E-state index in [0.717, 1.165) is 22.8 Å². The summed E-state index contributed by atoms with van der Waals surface area (Å²) in [5.41, 5.74) is 3.04. The molecule has 1 N–H and O–H groups in total. The van der Waals surface area contributed by atoms with Gasteiger partial charge in [0.1, 0.15) is 5.75 Å². The van der Waals surface area contributed by atoms with Crippen LogP contribution in [-0.4, -0.2) is 46.9 Å². The Morgan fingerprint density at radius 3 is 2.66 bits per heavy atom. The molecule has 0 spiro atoms. The molecule has 4 rings (SSSR count). The van der Waals surface area contributed by atoms with E-state index in [9.17, 15) is 0 Å². The molecule has 0 bridgehead atoms. The first kappa shape index (κ1) is 19.4. The first-order chi connectivity index (χ1) is 14.2. The molecule has 1 aromatic carbocycles. The van der Waals surface area contributed by atoms with E-state index < -0.39 is 0 Å². The van der Waals surface area contributed by atoms with Gasteiger partial charge in [-0.2, -0.15) is 0 Å². The Bertz CT molecular complexity index is 976. The highest BCUT2D eigenvalue weighted by molar-refractivity contribution is 7.80. The molecule has 2 atom stereocenters. The number of nitrogens with zero attached hydrogens (tertiary/aromatic N) is 3. The van der Waals surface area contributed by atoms with Crippen LogP contribution in [0.15, 0.2) is 67.0 Å². The molecule has 7 heteroatoms. The molecule has 2 aromatic heterocycles. The molecule has 150 valence electrons. The Hall–Kier alpha value is -2.90. The third kappa shape index (κ3) is 3.71. The average molecular weight is 409 g/mol. The maximum atomic E-state index is 5.69. The second kappa shape index (κ2) is 8.63. The van der Waals surface area contributed by atoms with Gasteiger partial charge < -0.3 is 24.3 Å². The first-order valence-electron chi connectivity index (χ1n) is 9.52. The van der Waals surface area contributed by atoms with Gasteiger partial charge in [-0.3, -0.25) is 4.98 Å². The van der Waals surface area contributed by atoms with Crippen molar-refractivity contribution in [2.45, 2.75) is 12.1 Å². The molecule has 1 aliphatic heterocycles. The number of ether oxygens (including phenoxy) is 2. The van der Waals surface area contributed by atoms with Crippen LogP contribution in [0, 0.1) is 0 Å². The van der Waals surface area contributed by atoms with Crippen molar-refractivity contribution in [3.63, 3.8) is 0 Å². The largest absolute Gasteiger partial charge is 0.495 e. The molecule has 0 amide bonds. The van der Waals surface area contributed by atoms with Crippen molar-refractivity contribution in [2.75, 3.05) is 27.4 Å². The lowest BCUT2D eigenvalue weighted by Gasteiger charge is -2.29. The summed E-state index contributed by atoms with van der Waals surface area (Å²) in [4.78, 5) is 6.77. The highest BCUT2D eigenvalue weighted by Gasteiger charge is 2.41. The summed E-state index contributed by atoms with van der Waals surface area (Å²) >= 11 is 5.69. The van der Waals surface area contributed by atoms with Gasteiger partial charge in [0, 0.05) is 31.7 Å². The molecule has 3 aromatic rings. The van der Waals surface area contributed by atoms with E-state index in [1.807, 2.05) is 48.7 Å². The summed E-state index contributed by atoms with van der Waals surface area (Å²) in [6, 6.07) is 18.0. The van der Waals surface area contributed by atoms with Gasteiger partial charge in [0.05, 0.1) is 37.2 Å². The molecule has 29 heavy (non-hydrogen) atoms. The van der Waals surface area contributed by atoms with E-state index in [4.69, 9.17) is 21.7 Å². The zero-order valence-electron chi connectivity index (χ0n) is 16.5. The monoisotopic (exact) mass is 408 g/mol. The number of hydrogen-bond acceptors (Lipinski definition) is 4. The van der Waals surface area contributed by atoms with Gasteiger partial charge in [0.25, 0.3) is 0 Å². The third-order valence-electron chi connectivity index (χ3n) is 5.16. The Kier molecular flexibility index (Phi) is 5.78. The van der Waals surface area contributed by atoms with Crippen LogP contribution in [0.5, 0.6) is 5.75 Å². The van der Waals surface area contributed by atoms with E-state index in [0.29, 0.717) is 18.3 Å². The molecule has 6 nitrogen and oxygen atoms in total. The van der Waals surface area contributed by atoms with Crippen LogP contribution >= 0.6 is 12.2 Å². The SMILES string of the molecule is COCCN1C(=S)N[C@@H](c2ccccn2)[C@H]1c1cccn1-c1ccccc1OC. The van der Waals surface area contributed by atoms with E-state index in [1.54, 1.807) is 14.2 Å². The Morgan fingerprint density at radius 1 is 1.07 bits per heavy atom. The lowest BCUT2D eigenvalue weighted by molar-refractivity contribution is 0.163. The fourth-order valence-electron chi connectivity index (χ4n) is 3.84. The molecule has 0 unspecified atom stereocenters. The highest BCUT2D eigenvalue weighted by atomic mass is 32.1. The van der Waals surface area contributed by atoms with Gasteiger partial charge in [-0.25, -0.2) is 0 Å². The van der Waals surface area contributed by atoms with Crippen LogP contribution in [0.2, 0.25) is 0 Å². The number of para-hydroxylation sites is 2. The smallest absolute Gasteiger partial charge is 0.170 e. The zero-order chi connectivity index (χ0) is 20.2. The van der Waals surface area contributed by atoms with Gasteiger partial charge in [-0.05, 0) is 48.6 Å². The highest BCUT2D eigenvalue weighted by Crippen LogP contribution is 2.40. The standard InChI is InChI=1S/C22H24N4O2S/c1-27-15-14-26-21(20(24-22(26)29)16-8-5-6-12-23-16)18-10-7-13-25(18)17-9-3-4-11-19(17)28-2/h3-13,20-21H,14-15H2,1-2H3,(H,24,29)/t20-,21+/m0/s1. The second-order valence-corrected chi connectivity index (χ2v) is 7.17. The summed E-state index contributed by atoms with van der Waals surface area (Å²) in [6.45, 7) is 1.27. The van der Waals surface area contributed by atoms with Gasteiger partial charge >= 0.3 is 0 Å². The number of aromatic nitrogens is 2. The Morgan fingerprint density at radius 2 is 1.90 bits per heavy atom. The van der Waals surface area contributed by atoms with Crippen molar-refractivity contribution in [1.29, 1.82) is 0 Å². The first-order valence-corrected chi connectivity index (χ1v) is 9.93. The molecule has 1 fully saturated rings. The molecule has 1 saturated heterocycles. The minimum absolute atomic E-state index is 0.0348. The van der Waals surface area contributed by atoms with Crippen molar-refractivity contribution < 1.29 is 9.47 Å². The summed E-state index contributed by atoms with van der Waals surface area (Å²) in [5, 5.41) is 4.17. The molecular formula is C22H24N4O2S. The number of thiocarbonyl (C=S) groups is 1. The lowest BCUT2D eigenvalue weighted by Crippen LogP contribution is -2.33. The lowest BCUT2D eigenvalue weighted by atomic mass is 10.0. The number of methoxy groups -OCH3 is 2. The molecule has 3 heterocycles. The van der Waals surface area contributed by atoms with E-state index in [-0.39, 0.29) is 12.1 Å². The number of hydrogen-bond donors (Lipinski definition) is 1. The summed E-state index contributed by atoms with van der Waals surface area (Å²) in [5.74, 6) is 0.816. The van der Waals surface area contributed by atoms with E-state index in [2.05, 4.69) is 38.1 Å². The fourth-order valence-corrected chi connectivity index (χ4v) is 4.17. The summed E-state index contributed by atoms with van der Waals surface area (Å²) in [6.07, 6.45) is 3.87. The second-order valence-electron chi connectivity index (χ2n) is 6.79. The zero-order valence-corrected chi connectivity index (χ0v) is 17.3. The van der Waals surface area contributed by atoms with Crippen LogP contribution < -0.4 is 10.1 Å². The third-order valence-corrected chi connectivity index (χ3v) is 5.51. The van der Waals surface area contributed by atoms with Crippen LogP contribution in [0.1, 0.15) is 23.5 Å². The van der Waals surface area contributed by atoms with Crippen molar-refractivity contribution >= 4 is 17.3 Å². The number of pyridine rings is 1. The maximum absolute atomic E-state index is 5.69. The molecule has 0 aliphatic carbocycles. The van der Waals surface area contributed by atoms with Crippen LogP contribution in [0.4, 0.5) is 0 Å². The predicted octanol–water partition coefficient (Wildman–Crippen LogP) is 3.50. The molecule has 0 radical (unpaired) electrons. The van der Waals surface area contributed by atoms with E-state index in [1.165, 1.54) is 0 Å². The Balaban J connectivity index is 1.81. The van der Waals surface area contributed by atoms with Crippen molar-refractivity contribution in [3.05, 3.63) is 78.4 Å². The van der Waals surface area contributed by atoms with Gasteiger partial charge in [0.2, 0.25) is 0 Å². The average Bonchev–Trinajstić information content (AvgIpc) is 3.37. The van der Waals surface area contributed by atoms with E-state index >= 15 is 0 Å². The van der Waals surface area contributed by atoms with Crippen LogP contribution in [0.25, 0.3) is 5.69 Å². The molecule has 1 aliphatic rings. The summed E-state index contributed by atoms with van der Waals surface area (Å²) in [7, 11) is 3.39. The number of rotatable bonds is 7. The van der Waals surface area contributed by atoms with Crippen molar-refractivity contribution in [2.24, 2.45) is 0 Å². The summed E-state index contributed by atoms with van der Waals surface area (Å²) < 4.78 is 13.1. The molecular weight excluding hydrogens is 384 g/mol. The Labute approximate surface area is 176 Å². The van der Waals surface area contributed by atoms with Crippen LogP contribution in [-0.2, 0) is 4.74 Å². The fraction of sp³-hybridized carbons (Fsp3) is 0.273. The number of nitrogens with one attached hydrogen (secondary N) is 1. The van der Waals surface area contributed by atoms with Gasteiger partial charge in [0.15, 0.2) is 5.11 Å². The minimum Gasteiger partial charge on any atom is -0.495 e. The quantitative estimate of drug-likeness (QED) is 0.604. The number of benzene rings is 1. The van der Waals surface area contributed by atoms with Crippen molar-refractivity contribution in [1.82, 2.24) is 19.8 Å². The van der Waals surface area contributed by atoms with Crippen molar-refractivity contribution in [3.8, 4) is 11.4 Å². The normalized spacial score (nSPS) is 18.7. The predicted molar refractivity (Wildman–Crippen MR) is 116 cm³/mol.